The molecule has 1 unspecified atom stereocenters. The first-order valence-corrected chi connectivity index (χ1v) is 7.76. The highest BCUT2D eigenvalue weighted by molar-refractivity contribution is 7.17. The lowest BCUT2D eigenvalue weighted by Crippen LogP contribution is -2.27. The van der Waals surface area contributed by atoms with E-state index in [0.29, 0.717) is 6.04 Å². The number of hydrogen-bond acceptors (Lipinski definition) is 5. The fourth-order valence-electron chi connectivity index (χ4n) is 2.70. The average molecular weight is 288 g/mol. The van der Waals surface area contributed by atoms with E-state index >= 15 is 0 Å². The average Bonchev–Trinajstić information content (AvgIpc) is 3.12. The maximum absolute atomic E-state index is 5.35. The Morgan fingerprint density at radius 1 is 1.50 bits per heavy atom. The van der Waals surface area contributed by atoms with Crippen molar-refractivity contribution in [2.45, 2.75) is 32.2 Å². The Balaban J connectivity index is 1.61. The number of aryl methyl sites for hydroxylation is 2. The highest BCUT2D eigenvalue weighted by Gasteiger charge is 2.23. The van der Waals surface area contributed by atoms with Gasteiger partial charge in [0.1, 0.15) is 5.76 Å². The van der Waals surface area contributed by atoms with Crippen molar-refractivity contribution in [1.29, 1.82) is 0 Å². The second-order valence-electron chi connectivity index (χ2n) is 5.14. The Morgan fingerprint density at radius 3 is 3.30 bits per heavy atom. The summed E-state index contributed by atoms with van der Waals surface area (Å²) in [6, 6.07) is 4.33. The van der Waals surface area contributed by atoms with Crippen molar-refractivity contribution < 1.29 is 4.42 Å². The molecule has 0 amide bonds. The molecule has 0 saturated carbocycles. The molecule has 3 aromatic rings. The molecule has 0 bridgehead atoms. The van der Waals surface area contributed by atoms with Gasteiger partial charge in [0.05, 0.1) is 12.0 Å². The third-order valence-corrected chi connectivity index (χ3v) is 5.00. The minimum Gasteiger partial charge on any atom is -0.469 e. The summed E-state index contributed by atoms with van der Waals surface area (Å²) in [6.07, 6.45) is 4.41. The summed E-state index contributed by atoms with van der Waals surface area (Å²) in [5, 5.41) is 8.14. The Hall–Kier alpha value is -1.66. The van der Waals surface area contributed by atoms with Crippen LogP contribution in [0.4, 0.5) is 0 Å². The zero-order valence-corrected chi connectivity index (χ0v) is 12.1. The van der Waals surface area contributed by atoms with Crippen LogP contribution >= 0.6 is 11.3 Å². The van der Waals surface area contributed by atoms with Gasteiger partial charge in [-0.3, -0.25) is 0 Å². The Bertz CT molecular complexity index is 728. The van der Waals surface area contributed by atoms with Crippen molar-refractivity contribution >= 4 is 16.3 Å². The Morgan fingerprint density at radius 2 is 2.45 bits per heavy atom. The van der Waals surface area contributed by atoms with Crippen LogP contribution in [0.25, 0.3) is 4.96 Å². The summed E-state index contributed by atoms with van der Waals surface area (Å²) in [4.78, 5) is 7.04. The quantitative estimate of drug-likeness (QED) is 0.804. The van der Waals surface area contributed by atoms with E-state index in [1.165, 1.54) is 10.6 Å². The predicted molar refractivity (Wildman–Crippen MR) is 77.1 cm³/mol. The Labute approximate surface area is 120 Å². The molecule has 3 aromatic heterocycles. The van der Waals surface area contributed by atoms with Crippen molar-refractivity contribution in [3.63, 3.8) is 0 Å². The zero-order valence-electron chi connectivity index (χ0n) is 11.3. The number of fused-ring (bicyclic) bond motifs is 3. The van der Waals surface area contributed by atoms with Crippen molar-refractivity contribution in [2.24, 2.45) is 0 Å². The van der Waals surface area contributed by atoms with Gasteiger partial charge in [0.2, 0.25) is 4.96 Å². The topological polar surface area (TPSA) is 55.4 Å². The summed E-state index contributed by atoms with van der Waals surface area (Å²) in [5.41, 5.74) is 1.33. The summed E-state index contributed by atoms with van der Waals surface area (Å²) >= 11 is 1.76. The molecule has 0 aliphatic carbocycles. The molecule has 1 aliphatic rings. The number of furan rings is 1. The minimum atomic E-state index is 0.416. The molecule has 20 heavy (non-hydrogen) atoms. The van der Waals surface area contributed by atoms with Crippen LogP contribution < -0.4 is 5.32 Å². The molecule has 0 aromatic carbocycles. The summed E-state index contributed by atoms with van der Waals surface area (Å²) in [6.45, 7) is 3.22. The van der Waals surface area contributed by atoms with Crippen molar-refractivity contribution in [3.05, 3.63) is 40.6 Å². The fourth-order valence-corrected chi connectivity index (χ4v) is 3.86. The predicted octanol–water partition coefficient (Wildman–Crippen LogP) is 2.38. The number of nitrogens with one attached hydrogen (secondary N) is 1. The monoisotopic (exact) mass is 288 g/mol. The summed E-state index contributed by atoms with van der Waals surface area (Å²) < 4.78 is 7.38. The van der Waals surface area contributed by atoms with E-state index in [1.54, 1.807) is 17.6 Å². The molecule has 4 rings (SSSR count). The van der Waals surface area contributed by atoms with Crippen molar-refractivity contribution in [1.82, 2.24) is 19.9 Å². The molecule has 6 heteroatoms. The fraction of sp³-hybridized carbons (Fsp3) is 0.429. The number of aromatic nitrogens is 3. The molecule has 0 saturated heterocycles. The van der Waals surface area contributed by atoms with Gasteiger partial charge >= 0.3 is 0 Å². The molecule has 1 aliphatic heterocycles. The van der Waals surface area contributed by atoms with Gasteiger partial charge in [-0.15, -0.1) is 0 Å². The van der Waals surface area contributed by atoms with Gasteiger partial charge in [-0.25, -0.2) is 9.50 Å². The first kappa shape index (κ1) is 12.1. The van der Waals surface area contributed by atoms with Crippen LogP contribution in [0.1, 0.15) is 35.1 Å². The van der Waals surface area contributed by atoms with Gasteiger partial charge < -0.3 is 9.73 Å². The normalized spacial score (nSPS) is 18.6. The molecule has 0 spiro atoms. The van der Waals surface area contributed by atoms with Crippen LogP contribution in [-0.4, -0.2) is 21.1 Å². The van der Waals surface area contributed by atoms with Gasteiger partial charge in [0.25, 0.3) is 0 Å². The van der Waals surface area contributed by atoms with Crippen LogP contribution in [0.3, 0.4) is 0 Å². The number of rotatable bonds is 3. The van der Waals surface area contributed by atoms with E-state index in [4.69, 9.17) is 4.42 Å². The van der Waals surface area contributed by atoms with E-state index in [1.807, 2.05) is 16.6 Å². The van der Waals surface area contributed by atoms with Crippen LogP contribution in [-0.2, 0) is 19.3 Å². The van der Waals surface area contributed by atoms with E-state index in [-0.39, 0.29) is 0 Å². The van der Waals surface area contributed by atoms with Crippen LogP contribution in [0, 0.1) is 0 Å². The first-order chi connectivity index (χ1) is 9.81. The van der Waals surface area contributed by atoms with Crippen LogP contribution in [0.5, 0.6) is 0 Å². The van der Waals surface area contributed by atoms with E-state index in [0.717, 1.165) is 42.4 Å². The first-order valence-electron chi connectivity index (χ1n) is 6.94. The number of nitrogens with zero attached hydrogens (tertiary/aromatic N) is 3. The lowest BCUT2D eigenvalue weighted by atomic mass is 10.1. The molecule has 0 fully saturated rings. The third-order valence-electron chi connectivity index (χ3n) is 3.74. The van der Waals surface area contributed by atoms with E-state index in [9.17, 15) is 0 Å². The van der Waals surface area contributed by atoms with Crippen LogP contribution in [0.2, 0.25) is 0 Å². The molecule has 104 valence electrons. The molecule has 5 nitrogen and oxygen atoms in total. The van der Waals surface area contributed by atoms with E-state index in [2.05, 4.69) is 22.3 Å². The molecular formula is C14H16N4OS. The van der Waals surface area contributed by atoms with Gasteiger partial charge in [0.15, 0.2) is 5.82 Å². The number of hydrogen-bond donors (Lipinski definition) is 1. The summed E-state index contributed by atoms with van der Waals surface area (Å²) in [7, 11) is 0. The van der Waals surface area contributed by atoms with Gasteiger partial charge in [-0.1, -0.05) is 11.3 Å². The minimum absolute atomic E-state index is 0.416. The largest absolute Gasteiger partial charge is 0.469 e. The van der Waals surface area contributed by atoms with Gasteiger partial charge in [-0.2, -0.15) is 5.10 Å². The maximum atomic E-state index is 5.35. The highest BCUT2D eigenvalue weighted by atomic mass is 32.1. The van der Waals surface area contributed by atoms with Gasteiger partial charge in [0, 0.05) is 36.7 Å². The smallest absolute Gasteiger partial charge is 0.212 e. The number of thiazole rings is 1. The van der Waals surface area contributed by atoms with Gasteiger partial charge in [-0.05, 0) is 19.1 Å². The van der Waals surface area contributed by atoms with Crippen molar-refractivity contribution in [2.75, 3.05) is 6.54 Å². The summed E-state index contributed by atoms with van der Waals surface area (Å²) in [5.74, 6) is 1.89. The van der Waals surface area contributed by atoms with E-state index < -0.39 is 0 Å². The second kappa shape index (κ2) is 4.71. The van der Waals surface area contributed by atoms with Crippen LogP contribution in [0.15, 0.2) is 22.8 Å². The lowest BCUT2D eigenvalue weighted by Gasteiger charge is -2.19. The molecule has 1 atom stereocenters. The molecule has 1 N–H and O–H groups in total. The lowest BCUT2D eigenvalue weighted by molar-refractivity contribution is 0.506. The molecule has 0 radical (unpaired) electrons. The SMILES string of the molecule is CC1NCCc2c1sc1nc(CCc3ccco3)nn21. The molecule has 4 heterocycles. The maximum Gasteiger partial charge on any atom is 0.212 e. The second-order valence-corrected chi connectivity index (χ2v) is 6.15. The third kappa shape index (κ3) is 1.96. The zero-order chi connectivity index (χ0) is 13.5. The van der Waals surface area contributed by atoms with Crippen molar-refractivity contribution in [3.8, 4) is 0 Å². The standard InChI is InChI=1S/C14H16N4OS/c1-9-13-11(6-7-15-9)18-14(20-13)16-12(17-18)5-4-10-3-2-8-19-10/h2-3,8-9,15H,4-7H2,1H3. The highest BCUT2D eigenvalue weighted by Crippen LogP contribution is 2.30. The molecular weight excluding hydrogens is 272 g/mol. The Kier molecular flexibility index (Phi) is 2.85.